The van der Waals surface area contributed by atoms with Gasteiger partial charge in [0, 0.05) is 10.9 Å². The number of allylic oxidation sites excluding steroid dienone is 1. The molecule has 0 fully saturated rings. The molecule has 0 aliphatic carbocycles. The van der Waals surface area contributed by atoms with E-state index in [1.54, 1.807) is 4.57 Å². The second-order valence-corrected chi connectivity index (χ2v) is 9.68. The van der Waals surface area contributed by atoms with Crippen LogP contribution in [-0.4, -0.2) is 21.1 Å². The predicted molar refractivity (Wildman–Crippen MR) is 141 cm³/mol. The minimum absolute atomic E-state index is 0.0177. The van der Waals surface area contributed by atoms with E-state index in [1.807, 2.05) is 67.6 Å². The summed E-state index contributed by atoms with van der Waals surface area (Å²) in [4.78, 5) is 13.3. The van der Waals surface area contributed by atoms with Crippen molar-refractivity contribution in [3.05, 3.63) is 95.1 Å². The Labute approximate surface area is 204 Å². The van der Waals surface area contributed by atoms with E-state index in [0.717, 1.165) is 38.9 Å². The number of carbonyl (C=O) groups excluding carboxylic acids is 1. The normalized spacial score (nSPS) is 14.6. The number of rotatable bonds is 4. The Morgan fingerprint density at radius 3 is 2.51 bits per heavy atom. The number of aryl methyl sites for hydroxylation is 1. The van der Waals surface area contributed by atoms with Gasteiger partial charge in [-0.25, -0.2) is 0 Å². The van der Waals surface area contributed by atoms with Gasteiger partial charge in [0.15, 0.2) is 5.69 Å². The van der Waals surface area contributed by atoms with Gasteiger partial charge in [0.2, 0.25) is 5.88 Å². The average molecular weight is 465 g/mol. The molecule has 2 N–H and O–H groups in total. The van der Waals surface area contributed by atoms with E-state index in [-0.39, 0.29) is 17.1 Å². The summed E-state index contributed by atoms with van der Waals surface area (Å²) in [7, 11) is 0. The largest absolute Gasteiger partial charge is 0.493 e. The summed E-state index contributed by atoms with van der Waals surface area (Å²) in [6, 6.07) is 21.4. The van der Waals surface area contributed by atoms with Crippen LogP contribution in [0.15, 0.2) is 83.0 Å². The smallest absolute Gasteiger partial charge is 0.297 e. The van der Waals surface area contributed by atoms with Gasteiger partial charge in [0.05, 0.1) is 28.9 Å². The number of anilines is 1. The number of azo groups is 1. The highest BCUT2D eigenvalue weighted by molar-refractivity contribution is 6.04. The van der Waals surface area contributed by atoms with Gasteiger partial charge in [-0.05, 0) is 62.6 Å². The third kappa shape index (κ3) is 4.23. The number of aromatic nitrogens is 1. The van der Waals surface area contributed by atoms with Gasteiger partial charge in [-0.1, -0.05) is 54.6 Å². The number of hydrogen-bond acceptors (Lipinski definition) is 4. The minimum atomic E-state index is -0.456. The van der Waals surface area contributed by atoms with Crippen molar-refractivity contribution in [1.82, 2.24) is 4.57 Å². The Hall–Kier alpha value is -4.19. The molecule has 3 aromatic carbocycles. The summed E-state index contributed by atoms with van der Waals surface area (Å²) < 4.78 is 1.79. The lowest BCUT2D eigenvalue weighted by Crippen LogP contribution is -2.32. The van der Waals surface area contributed by atoms with Crippen LogP contribution in [0.3, 0.4) is 0 Å². The first-order valence-electron chi connectivity index (χ1n) is 11.7. The number of fused-ring (bicyclic) bond motifs is 2. The zero-order valence-electron chi connectivity index (χ0n) is 20.3. The summed E-state index contributed by atoms with van der Waals surface area (Å²) in [5.41, 5.74) is 6.18. The van der Waals surface area contributed by atoms with E-state index in [4.69, 9.17) is 0 Å². The number of hydrogen-bond donors (Lipinski definition) is 2. The third-order valence-electron chi connectivity index (χ3n) is 6.30. The molecule has 0 spiro atoms. The SMILES string of the molecule is CC1=CC(C)(C)Nc2c(C(=O)N=Nc3c(O)n(Cc4ccccc4)c4ccccc34)cc(C)cc21. The van der Waals surface area contributed by atoms with Crippen LogP contribution >= 0.6 is 0 Å². The highest BCUT2D eigenvalue weighted by Crippen LogP contribution is 2.40. The molecule has 0 unspecified atom stereocenters. The van der Waals surface area contributed by atoms with E-state index < -0.39 is 5.91 Å². The number of aromatic hydroxyl groups is 1. The van der Waals surface area contributed by atoms with Gasteiger partial charge in [-0.15, -0.1) is 10.2 Å². The molecule has 1 amide bonds. The van der Waals surface area contributed by atoms with Gasteiger partial charge in [-0.3, -0.25) is 4.79 Å². The Morgan fingerprint density at radius 1 is 1.03 bits per heavy atom. The van der Waals surface area contributed by atoms with Crippen LogP contribution in [0.5, 0.6) is 5.88 Å². The number of carbonyl (C=O) groups is 1. The van der Waals surface area contributed by atoms with Gasteiger partial charge >= 0.3 is 0 Å². The number of nitrogens with zero attached hydrogens (tertiary/aromatic N) is 3. The third-order valence-corrected chi connectivity index (χ3v) is 6.30. The topological polar surface area (TPSA) is 79.0 Å². The van der Waals surface area contributed by atoms with Crippen molar-refractivity contribution in [2.45, 2.75) is 39.8 Å². The van der Waals surface area contributed by atoms with Gasteiger partial charge in [0.1, 0.15) is 0 Å². The molecule has 2 heterocycles. The van der Waals surface area contributed by atoms with E-state index in [9.17, 15) is 9.90 Å². The molecular weight excluding hydrogens is 436 g/mol. The Balaban J connectivity index is 1.55. The van der Waals surface area contributed by atoms with Crippen molar-refractivity contribution in [2.75, 3.05) is 5.32 Å². The first-order chi connectivity index (χ1) is 16.7. The van der Waals surface area contributed by atoms with E-state index in [2.05, 4.69) is 48.5 Å². The van der Waals surface area contributed by atoms with Gasteiger partial charge < -0.3 is 15.0 Å². The number of amides is 1. The molecular formula is C29H28N4O2. The molecule has 176 valence electrons. The monoisotopic (exact) mass is 464 g/mol. The highest BCUT2D eigenvalue weighted by atomic mass is 16.3. The number of benzene rings is 3. The molecule has 0 saturated carbocycles. The van der Waals surface area contributed by atoms with Crippen LogP contribution in [0.4, 0.5) is 11.4 Å². The average Bonchev–Trinajstić information content (AvgIpc) is 3.08. The lowest BCUT2D eigenvalue weighted by molar-refractivity contribution is 0.0995. The van der Waals surface area contributed by atoms with Crippen molar-refractivity contribution in [3.63, 3.8) is 0 Å². The van der Waals surface area contributed by atoms with Gasteiger partial charge in [-0.2, -0.15) is 0 Å². The Kier molecular flexibility index (Phi) is 5.52. The van der Waals surface area contributed by atoms with Crippen molar-refractivity contribution >= 4 is 33.8 Å². The number of para-hydroxylation sites is 1. The first-order valence-corrected chi connectivity index (χ1v) is 11.7. The number of nitrogens with one attached hydrogen (secondary N) is 1. The van der Waals surface area contributed by atoms with Crippen LogP contribution in [0.2, 0.25) is 0 Å². The second-order valence-electron chi connectivity index (χ2n) is 9.68. The second kappa shape index (κ2) is 8.55. The molecule has 0 bridgehead atoms. The fraction of sp³-hybridized carbons (Fsp3) is 0.207. The summed E-state index contributed by atoms with van der Waals surface area (Å²) >= 11 is 0. The van der Waals surface area contributed by atoms with Crippen LogP contribution < -0.4 is 5.32 Å². The molecule has 1 aliphatic rings. The zero-order valence-corrected chi connectivity index (χ0v) is 20.3. The molecule has 35 heavy (non-hydrogen) atoms. The summed E-state index contributed by atoms with van der Waals surface area (Å²) in [6.07, 6.45) is 2.16. The maximum atomic E-state index is 13.3. The highest BCUT2D eigenvalue weighted by Gasteiger charge is 2.27. The molecule has 0 saturated heterocycles. The van der Waals surface area contributed by atoms with E-state index in [0.29, 0.717) is 12.1 Å². The van der Waals surface area contributed by atoms with Gasteiger partial charge in [0.25, 0.3) is 5.91 Å². The Morgan fingerprint density at radius 2 is 1.74 bits per heavy atom. The standard InChI is InChI=1S/C29H28N4O2/c1-18-14-22-19(2)16-29(3,4)30-25(22)23(15-18)27(34)32-31-26-21-12-8-9-13-24(21)33(28(26)35)17-20-10-6-5-7-11-20/h5-16,30,35H,17H2,1-4H3. The zero-order chi connectivity index (χ0) is 24.7. The molecule has 4 aromatic rings. The molecule has 6 heteroatoms. The maximum Gasteiger partial charge on any atom is 0.297 e. The lowest BCUT2D eigenvalue weighted by atomic mass is 9.88. The molecule has 0 atom stereocenters. The fourth-order valence-electron chi connectivity index (χ4n) is 4.82. The van der Waals surface area contributed by atoms with E-state index in [1.165, 1.54) is 0 Å². The Bertz CT molecular complexity index is 1510. The van der Waals surface area contributed by atoms with Crippen LogP contribution in [0.1, 0.15) is 47.8 Å². The van der Waals surface area contributed by atoms with Crippen LogP contribution in [0.25, 0.3) is 16.5 Å². The summed E-state index contributed by atoms with van der Waals surface area (Å²) in [5.74, 6) is -0.474. The van der Waals surface area contributed by atoms with Crippen molar-refractivity contribution in [2.24, 2.45) is 10.2 Å². The minimum Gasteiger partial charge on any atom is -0.493 e. The summed E-state index contributed by atoms with van der Waals surface area (Å²) in [6.45, 7) is 8.62. The van der Waals surface area contributed by atoms with Crippen LogP contribution in [-0.2, 0) is 6.54 Å². The maximum absolute atomic E-state index is 13.3. The van der Waals surface area contributed by atoms with Crippen molar-refractivity contribution < 1.29 is 9.90 Å². The fourth-order valence-corrected chi connectivity index (χ4v) is 4.82. The van der Waals surface area contributed by atoms with Crippen molar-refractivity contribution in [1.29, 1.82) is 0 Å². The molecule has 0 radical (unpaired) electrons. The molecule has 5 rings (SSSR count). The van der Waals surface area contributed by atoms with Crippen molar-refractivity contribution in [3.8, 4) is 5.88 Å². The predicted octanol–water partition coefficient (Wildman–Crippen LogP) is 7.24. The molecule has 1 aliphatic heterocycles. The molecule has 6 nitrogen and oxygen atoms in total. The first kappa shape index (κ1) is 22.6. The lowest BCUT2D eigenvalue weighted by Gasteiger charge is -2.32. The van der Waals surface area contributed by atoms with Crippen LogP contribution in [0, 0.1) is 6.92 Å². The quantitative estimate of drug-likeness (QED) is 0.313. The molecule has 1 aromatic heterocycles. The van der Waals surface area contributed by atoms with E-state index >= 15 is 0 Å². The summed E-state index contributed by atoms with van der Waals surface area (Å²) in [5, 5.41) is 23.6.